The van der Waals surface area contributed by atoms with E-state index in [2.05, 4.69) is 15.1 Å². The van der Waals surface area contributed by atoms with Gasteiger partial charge in [0.15, 0.2) is 16.6 Å². The molecule has 0 unspecified atom stereocenters. The molecule has 0 atom stereocenters. The quantitative estimate of drug-likeness (QED) is 0.427. The molecule has 1 N–H and O–H groups in total. The van der Waals surface area contributed by atoms with E-state index in [9.17, 15) is 13.2 Å². The molecular formula is C26H33N5O5S2. The maximum Gasteiger partial charge on any atom is 0.251 e. The van der Waals surface area contributed by atoms with Crippen LogP contribution in [-0.2, 0) is 10.0 Å². The van der Waals surface area contributed by atoms with Crippen LogP contribution in [0.4, 0.5) is 5.13 Å². The van der Waals surface area contributed by atoms with Gasteiger partial charge in [-0.3, -0.25) is 9.69 Å². The van der Waals surface area contributed by atoms with Crippen molar-refractivity contribution in [2.24, 2.45) is 0 Å². The van der Waals surface area contributed by atoms with Gasteiger partial charge in [-0.1, -0.05) is 11.3 Å². The summed E-state index contributed by atoms with van der Waals surface area (Å²) in [5.74, 6) is 1.13. The van der Waals surface area contributed by atoms with Crippen molar-refractivity contribution in [2.75, 3.05) is 71.5 Å². The predicted molar refractivity (Wildman–Crippen MR) is 148 cm³/mol. The van der Waals surface area contributed by atoms with Crippen molar-refractivity contribution in [3.63, 3.8) is 0 Å². The van der Waals surface area contributed by atoms with E-state index in [0.29, 0.717) is 36.7 Å². The van der Waals surface area contributed by atoms with Gasteiger partial charge in [0.05, 0.1) is 23.8 Å². The van der Waals surface area contributed by atoms with Gasteiger partial charge < -0.3 is 19.7 Å². The Morgan fingerprint density at radius 3 is 2.34 bits per heavy atom. The van der Waals surface area contributed by atoms with Crippen molar-refractivity contribution < 1.29 is 22.7 Å². The fraction of sp³-hybridized carbons (Fsp3) is 0.462. The number of sulfonamides is 1. The maximum atomic E-state index is 12.7. The number of piperazine rings is 1. The molecule has 2 fully saturated rings. The van der Waals surface area contributed by atoms with Gasteiger partial charge in [-0.2, -0.15) is 4.31 Å². The van der Waals surface area contributed by atoms with Crippen LogP contribution in [0.15, 0.2) is 41.3 Å². The monoisotopic (exact) mass is 559 g/mol. The zero-order chi connectivity index (χ0) is 26.7. The summed E-state index contributed by atoms with van der Waals surface area (Å²) in [6.07, 6.45) is 1.78. The number of anilines is 1. The molecule has 0 spiro atoms. The van der Waals surface area contributed by atoms with Crippen LogP contribution < -0.4 is 19.7 Å². The van der Waals surface area contributed by atoms with Crippen LogP contribution in [0, 0.1) is 0 Å². The molecule has 38 heavy (non-hydrogen) atoms. The molecule has 2 aliphatic rings. The standard InChI is InChI=1S/C26H33N5O5S2/c1-35-21-9-10-22-23(24(21)36-2)28-26(37-22)30-17-15-29(16-18-30)14-11-27-25(32)19-5-7-20(8-6-19)38(33,34)31-12-3-4-13-31/h5-10H,3-4,11-18H2,1-2H3,(H,27,32). The number of methoxy groups -OCH3 is 2. The summed E-state index contributed by atoms with van der Waals surface area (Å²) in [5, 5.41) is 3.92. The molecule has 5 rings (SSSR count). The second kappa shape index (κ2) is 11.4. The highest BCUT2D eigenvalue weighted by Crippen LogP contribution is 2.40. The molecule has 0 saturated carbocycles. The lowest BCUT2D eigenvalue weighted by molar-refractivity contribution is 0.0947. The largest absolute Gasteiger partial charge is 0.493 e. The number of rotatable bonds is 9. The van der Waals surface area contributed by atoms with Crippen LogP contribution in [0.3, 0.4) is 0 Å². The maximum absolute atomic E-state index is 12.7. The van der Waals surface area contributed by atoms with Gasteiger partial charge in [0.25, 0.3) is 5.91 Å². The van der Waals surface area contributed by atoms with Crippen LogP contribution in [0.5, 0.6) is 11.5 Å². The fourth-order valence-corrected chi connectivity index (χ4v) is 7.41. The molecule has 2 aliphatic heterocycles. The van der Waals surface area contributed by atoms with Gasteiger partial charge in [0.2, 0.25) is 10.0 Å². The van der Waals surface area contributed by atoms with Gasteiger partial charge in [0.1, 0.15) is 5.52 Å². The Balaban J connectivity index is 1.10. The Morgan fingerprint density at radius 1 is 0.974 bits per heavy atom. The van der Waals surface area contributed by atoms with E-state index < -0.39 is 10.0 Å². The molecule has 2 saturated heterocycles. The highest BCUT2D eigenvalue weighted by molar-refractivity contribution is 7.89. The summed E-state index contributed by atoms with van der Waals surface area (Å²) in [5.41, 5.74) is 1.27. The lowest BCUT2D eigenvalue weighted by Gasteiger charge is -2.34. The summed E-state index contributed by atoms with van der Waals surface area (Å²) in [4.78, 5) is 22.3. The van der Waals surface area contributed by atoms with E-state index in [0.717, 1.165) is 60.9 Å². The third kappa shape index (κ3) is 5.44. The SMILES string of the molecule is COc1ccc2sc(N3CCN(CCNC(=O)c4ccc(S(=O)(=O)N5CCCC5)cc4)CC3)nc2c1OC. The van der Waals surface area contributed by atoms with Crippen LogP contribution in [0.25, 0.3) is 10.2 Å². The molecule has 0 aliphatic carbocycles. The third-order valence-electron chi connectivity index (χ3n) is 7.07. The number of carbonyl (C=O) groups is 1. The number of amides is 1. The summed E-state index contributed by atoms with van der Waals surface area (Å²) in [7, 11) is -0.226. The van der Waals surface area contributed by atoms with E-state index in [1.807, 2.05) is 12.1 Å². The van der Waals surface area contributed by atoms with E-state index in [1.54, 1.807) is 37.7 Å². The van der Waals surface area contributed by atoms with Crippen molar-refractivity contribution in [3.05, 3.63) is 42.0 Å². The van der Waals surface area contributed by atoms with E-state index in [1.165, 1.54) is 16.4 Å². The van der Waals surface area contributed by atoms with Crippen LogP contribution >= 0.6 is 11.3 Å². The Bertz CT molecular complexity index is 1380. The van der Waals surface area contributed by atoms with Gasteiger partial charge in [0, 0.05) is 57.9 Å². The second-order valence-corrected chi connectivity index (χ2v) is 12.3. The molecular weight excluding hydrogens is 526 g/mol. The smallest absolute Gasteiger partial charge is 0.251 e. The van der Waals surface area contributed by atoms with Crippen molar-refractivity contribution >= 4 is 42.6 Å². The van der Waals surface area contributed by atoms with Crippen molar-refractivity contribution in [1.82, 2.24) is 19.5 Å². The first kappa shape index (κ1) is 26.7. The summed E-state index contributed by atoms with van der Waals surface area (Å²) >= 11 is 1.65. The Labute approximate surface area is 227 Å². The average molecular weight is 560 g/mol. The average Bonchev–Trinajstić information content (AvgIpc) is 3.64. The zero-order valence-corrected chi connectivity index (χ0v) is 23.3. The van der Waals surface area contributed by atoms with Crippen molar-refractivity contribution in [2.45, 2.75) is 17.7 Å². The van der Waals surface area contributed by atoms with Gasteiger partial charge in [-0.05, 0) is 49.2 Å². The molecule has 2 aromatic carbocycles. The third-order valence-corrected chi connectivity index (χ3v) is 10.1. The Kier molecular flexibility index (Phi) is 8.03. The normalized spacial score (nSPS) is 17.2. The minimum Gasteiger partial charge on any atom is -0.493 e. The molecule has 1 aromatic heterocycles. The number of nitrogens with one attached hydrogen (secondary N) is 1. The molecule has 204 valence electrons. The lowest BCUT2D eigenvalue weighted by Crippen LogP contribution is -2.48. The number of hydrogen-bond acceptors (Lipinski definition) is 9. The summed E-state index contributed by atoms with van der Waals surface area (Å²) < 4.78 is 38.9. The molecule has 12 heteroatoms. The minimum atomic E-state index is -3.48. The van der Waals surface area contributed by atoms with Crippen LogP contribution in [0.1, 0.15) is 23.2 Å². The molecule has 3 aromatic rings. The number of thiazole rings is 1. The van der Waals surface area contributed by atoms with Crippen molar-refractivity contribution in [1.29, 1.82) is 0 Å². The summed E-state index contributed by atoms with van der Waals surface area (Å²) in [6, 6.07) is 10.1. The number of fused-ring (bicyclic) bond motifs is 1. The number of carbonyl (C=O) groups excluding carboxylic acids is 1. The van der Waals surface area contributed by atoms with Crippen molar-refractivity contribution in [3.8, 4) is 11.5 Å². The highest BCUT2D eigenvalue weighted by Gasteiger charge is 2.27. The Morgan fingerprint density at radius 2 is 1.68 bits per heavy atom. The molecule has 1 amide bonds. The van der Waals surface area contributed by atoms with E-state index in [-0.39, 0.29) is 10.8 Å². The van der Waals surface area contributed by atoms with Crippen LogP contribution in [0.2, 0.25) is 0 Å². The number of nitrogens with zero attached hydrogens (tertiary/aromatic N) is 4. The summed E-state index contributed by atoms with van der Waals surface area (Å²) in [6.45, 7) is 5.81. The highest BCUT2D eigenvalue weighted by atomic mass is 32.2. The number of hydrogen-bond donors (Lipinski definition) is 1. The number of ether oxygens (including phenoxy) is 2. The minimum absolute atomic E-state index is 0.201. The van der Waals surface area contributed by atoms with E-state index in [4.69, 9.17) is 14.5 Å². The first-order valence-electron chi connectivity index (χ1n) is 12.8. The van der Waals surface area contributed by atoms with Gasteiger partial charge in [-0.15, -0.1) is 0 Å². The molecule has 10 nitrogen and oxygen atoms in total. The fourth-order valence-electron chi connectivity index (χ4n) is 4.88. The zero-order valence-electron chi connectivity index (χ0n) is 21.7. The molecule has 3 heterocycles. The predicted octanol–water partition coefficient (Wildman–Crippen LogP) is 2.65. The first-order chi connectivity index (χ1) is 18.4. The molecule has 0 bridgehead atoms. The van der Waals surface area contributed by atoms with Gasteiger partial charge in [-0.25, -0.2) is 13.4 Å². The number of benzene rings is 2. The second-order valence-electron chi connectivity index (χ2n) is 9.36. The lowest BCUT2D eigenvalue weighted by atomic mass is 10.2. The first-order valence-corrected chi connectivity index (χ1v) is 15.0. The Hall–Kier alpha value is -2.93. The van der Waals surface area contributed by atoms with E-state index >= 15 is 0 Å². The number of aromatic nitrogens is 1. The topological polar surface area (TPSA) is 104 Å². The molecule has 0 radical (unpaired) electrons. The van der Waals surface area contributed by atoms with Gasteiger partial charge >= 0.3 is 0 Å². The van der Waals surface area contributed by atoms with Crippen LogP contribution in [-0.4, -0.2) is 95.1 Å².